The third kappa shape index (κ3) is 4.17. The molecular weight excluding hydrogens is 311 g/mol. The molecule has 0 radical (unpaired) electrons. The minimum Gasteiger partial charge on any atom is -0.380 e. The number of hydrogen-bond donors (Lipinski definition) is 1. The summed E-state index contributed by atoms with van der Waals surface area (Å²) in [5.41, 5.74) is 2.32. The molecule has 2 aromatic rings. The molecule has 0 aliphatic heterocycles. The summed E-state index contributed by atoms with van der Waals surface area (Å²) in [4.78, 5) is 16.0. The normalized spacial score (nSPS) is 10.4. The highest BCUT2D eigenvalue weighted by molar-refractivity contribution is 6.35. The Balaban J connectivity index is 2.09. The molecule has 1 N–H and O–H groups in total. The molecule has 0 saturated heterocycles. The number of pyridine rings is 1. The van der Waals surface area contributed by atoms with E-state index in [1.807, 2.05) is 24.3 Å². The van der Waals surface area contributed by atoms with E-state index >= 15 is 0 Å². The maximum Gasteiger partial charge on any atom is 0.253 e. The molecule has 1 aromatic carbocycles. The fourth-order valence-electron chi connectivity index (χ4n) is 1.88. The molecule has 1 aromatic heterocycles. The molecule has 0 bridgehead atoms. The van der Waals surface area contributed by atoms with Crippen LogP contribution in [0.5, 0.6) is 0 Å². The fourth-order valence-corrected chi connectivity index (χ4v) is 2.23. The third-order valence-corrected chi connectivity index (χ3v) is 3.43. The van der Waals surface area contributed by atoms with Gasteiger partial charge in [0.2, 0.25) is 0 Å². The van der Waals surface area contributed by atoms with Crippen LogP contribution in [0.25, 0.3) is 0 Å². The second kappa shape index (κ2) is 7.41. The molecule has 0 fully saturated rings. The number of carbonyl (C=O) groups excluding carboxylic acids is 1. The lowest BCUT2D eigenvalue weighted by Crippen LogP contribution is -2.24. The van der Waals surface area contributed by atoms with E-state index in [4.69, 9.17) is 27.9 Å². The molecular formula is C15H14Cl2N2O2. The first-order valence-corrected chi connectivity index (χ1v) is 7.02. The van der Waals surface area contributed by atoms with Crippen LogP contribution in [0.2, 0.25) is 10.2 Å². The first-order valence-electron chi connectivity index (χ1n) is 6.26. The molecule has 0 unspecified atom stereocenters. The van der Waals surface area contributed by atoms with Crippen molar-refractivity contribution < 1.29 is 9.53 Å². The summed E-state index contributed by atoms with van der Waals surface area (Å²) in [6.45, 7) is 0.878. The highest BCUT2D eigenvalue weighted by atomic mass is 35.5. The lowest BCUT2D eigenvalue weighted by Gasteiger charge is -2.10. The number of carbonyl (C=O) groups is 1. The van der Waals surface area contributed by atoms with E-state index in [1.54, 1.807) is 7.11 Å². The van der Waals surface area contributed by atoms with E-state index in [1.165, 1.54) is 12.3 Å². The average Bonchev–Trinajstić information content (AvgIpc) is 2.49. The molecule has 21 heavy (non-hydrogen) atoms. The number of nitrogens with one attached hydrogen (secondary N) is 1. The Morgan fingerprint density at radius 2 is 2.00 bits per heavy atom. The van der Waals surface area contributed by atoms with Gasteiger partial charge in [0.05, 0.1) is 17.2 Å². The minimum absolute atomic E-state index is 0.226. The monoisotopic (exact) mass is 324 g/mol. The predicted molar refractivity (Wildman–Crippen MR) is 82.6 cm³/mol. The van der Waals surface area contributed by atoms with E-state index in [9.17, 15) is 4.79 Å². The van der Waals surface area contributed by atoms with Crippen molar-refractivity contribution in [3.63, 3.8) is 0 Å². The Morgan fingerprint density at radius 1 is 1.29 bits per heavy atom. The Morgan fingerprint density at radius 3 is 2.71 bits per heavy atom. The van der Waals surface area contributed by atoms with Gasteiger partial charge in [-0.2, -0.15) is 0 Å². The molecule has 110 valence electrons. The van der Waals surface area contributed by atoms with Gasteiger partial charge in [0.1, 0.15) is 5.15 Å². The van der Waals surface area contributed by atoms with Gasteiger partial charge in [-0.1, -0.05) is 47.5 Å². The molecule has 0 aliphatic rings. The number of halogens is 2. The maximum absolute atomic E-state index is 12.1. The van der Waals surface area contributed by atoms with Gasteiger partial charge < -0.3 is 10.1 Å². The van der Waals surface area contributed by atoms with Crippen molar-refractivity contribution in [2.24, 2.45) is 0 Å². The van der Waals surface area contributed by atoms with Crippen LogP contribution in [0.3, 0.4) is 0 Å². The number of benzene rings is 1. The molecule has 1 heterocycles. The van der Waals surface area contributed by atoms with E-state index in [0.29, 0.717) is 18.7 Å². The zero-order chi connectivity index (χ0) is 15.2. The number of nitrogens with zero attached hydrogens (tertiary/aromatic N) is 1. The maximum atomic E-state index is 12.1. The smallest absolute Gasteiger partial charge is 0.253 e. The summed E-state index contributed by atoms with van der Waals surface area (Å²) in [5.74, 6) is -0.295. The van der Waals surface area contributed by atoms with Gasteiger partial charge in [-0.3, -0.25) is 4.79 Å². The summed E-state index contributed by atoms with van der Waals surface area (Å²) < 4.78 is 5.14. The fraction of sp³-hybridized carbons (Fsp3) is 0.200. The van der Waals surface area contributed by atoms with Crippen LogP contribution >= 0.6 is 23.2 Å². The second-order valence-electron chi connectivity index (χ2n) is 4.37. The van der Waals surface area contributed by atoms with Gasteiger partial charge in [0.25, 0.3) is 5.91 Å². The zero-order valence-electron chi connectivity index (χ0n) is 11.4. The number of hydrogen-bond acceptors (Lipinski definition) is 3. The Labute approximate surface area is 133 Å². The van der Waals surface area contributed by atoms with Crippen molar-refractivity contribution in [3.8, 4) is 0 Å². The van der Waals surface area contributed by atoms with Crippen molar-refractivity contribution in [3.05, 3.63) is 63.4 Å². The number of amides is 1. The highest BCUT2D eigenvalue weighted by Crippen LogP contribution is 2.18. The van der Waals surface area contributed by atoms with Gasteiger partial charge in [0.15, 0.2) is 0 Å². The van der Waals surface area contributed by atoms with Crippen molar-refractivity contribution in [2.45, 2.75) is 13.2 Å². The van der Waals surface area contributed by atoms with Gasteiger partial charge in [-0.15, -0.1) is 0 Å². The SMILES string of the molecule is COCc1ccccc1CNC(=O)c1cc(Cl)ncc1Cl. The summed E-state index contributed by atoms with van der Waals surface area (Å²) in [6.07, 6.45) is 1.36. The lowest BCUT2D eigenvalue weighted by molar-refractivity contribution is 0.0950. The summed E-state index contributed by atoms with van der Waals surface area (Å²) >= 11 is 11.7. The van der Waals surface area contributed by atoms with E-state index < -0.39 is 0 Å². The van der Waals surface area contributed by atoms with Gasteiger partial charge in [0, 0.05) is 19.9 Å². The number of methoxy groups -OCH3 is 1. The molecule has 0 aliphatic carbocycles. The average molecular weight is 325 g/mol. The molecule has 6 heteroatoms. The second-order valence-corrected chi connectivity index (χ2v) is 5.17. The Kier molecular flexibility index (Phi) is 5.56. The van der Waals surface area contributed by atoms with Crippen LogP contribution in [-0.2, 0) is 17.9 Å². The standard InChI is InChI=1S/C15H14Cl2N2O2/c1-21-9-11-5-3-2-4-10(11)7-19-15(20)12-6-14(17)18-8-13(12)16/h2-6,8H,7,9H2,1H3,(H,19,20). The van der Waals surface area contributed by atoms with Crippen LogP contribution in [0.15, 0.2) is 36.5 Å². The molecule has 4 nitrogen and oxygen atoms in total. The van der Waals surface area contributed by atoms with Crippen molar-refractivity contribution >= 4 is 29.1 Å². The largest absolute Gasteiger partial charge is 0.380 e. The van der Waals surface area contributed by atoms with Gasteiger partial charge >= 0.3 is 0 Å². The Bertz CT molecular complexity index is 647. The Hall–Kier alpha value is -1.62. The van der Waals surface area contributed by atoms with E-state index in [-0.39, 0.29) is 16.1 Å². The molecule has 0 spiro atoms. The van der Waals surface area contributed by atoms with Gasteiger partial charge in [-0.05, 0) is 17.2 Å². The van der Waals surface area contributed by atoms with E-state index in [2.05, 4.69) is 10.3 Å². The van der Waals surface area contributed by atoms with Crippen molar-refractivity contribution in [1.82, 2.24) is 10.3 Å². The van der Waals surface area contributed by atoms with Crippen molar-refractivity contribution in [1.29, 1.82) is 0 Å². The molecule has 2 rings (SSSR count). The first-order chi connectivity index (χ1) is 10.1. The summed E-state index contributed by atoms with van der Waals surface area (Å²) in [5, 5.41) is 3.31. The summed E-state index contributed by atoms with van der Waals surface area (Å²) in [6, 6.07) is 9.19. The molecule has 0 atom stereocenters. The van der Waals surface area contributed by atoms with Crippen LogP contribution in [0.4, 0.5) is 0 Å². The predicted octanol–water partition coefficient (Wildman–Crippen LogP) is 3.46. The summed E-state index contributed by atoms with van der Waals surface area (Å²) in [7, 11) is 1.63. The third-order valence-electron chi connectivity index (χ3n) is 2.92. The zero-order valence-corrected chi connectivity index (χ0v) is 12.9. The highest BCUT2D eigenvalue weighted by Gasteiger charge is 2.12. The van der Waals surface area contributed by atoms with Crippen molar-refractivity contribution in [2.75, 3.05) is 7.11 Å². The quantitative estimate of drug-likeness (QED) is 0.857. The first kappa shape index (κ1) is 15.8. The minimum atomic E-state index is -0.295. The van der Waals surface area contributed by atoms with Crippen LogP contribution in [0, 0.1) is 0 Å². The van der Waals surface area contributed by atoms with Gasteiger partial charge in [-0.25, -0.2) is 4.98 Å². The van der Waals surface area contributed by atoms with Crippen LogP contribution in [-0.4, -0.2) is 18.0 Å². The number of aromatic nitrogens is 1. The van der Waals surface area contributed by atoms with Crippen LogP contribution < -0.4 is 5.32 Å². The topological polar surface area (TPSA) is 51.2 Å². The van der Waals surface area contributed by atoms with Crippen LogP contribution in [0.1, 0.15) is 21.5 Å². The molecule has 0 saturated carbocycles. The van der Waals surface area contributed by atoms with E-state index in [0.717, 1.165) is 11.1 Å². The number of rotatable bonds is 5. The molecule has 1 amide bonds. The lowest BCUT2D eigenvalue weighted by atomic mass is 10.1. The number of ether oxygens (including phenoxy) is 1.